The van der Waals surface area contributed by atoms with Gasteiger partial charge in [0.1, 0.15) is 18.5 Å². The molecule has 76 valence electrons. The molecule has 1 aliphatic heterocycles. The second kappa shape index (κ2) is 4.47. The van der Waals surface area contributed by atoms with Crippen molar-refractivity contribution < 1.29 is 9.47 Å². The first kappa shape index (κ1) is 9.53. The summed E-state index contributed by atoms with van der Waals surface area (Å²) in [4.78, 5) is 0. The van der Waals surface area contributed by atoms with E-state index in [1.165, 1.54) is 6.42 Å². The van der Waals surface area contributed by atoms with Crippen molar-refractivity contribution in [3.8, 4) is 5.75 Å². The minimum Gasteiger partial charge on any atom is -0.491 e. The van der Waals surface area contributed by atoms with Crippen LogP contribution in [0.4, 0.5) is 0 Å². The Balaban J connectivity index is 1.70. The fraction of sp³-hybridized carbons (Fsp3) is 0.500. The molecule has 0 bridgehead atoms. The summed E-state index contributed by atoms with van der Waals surface area (Å²) in [5.74, 6) is 0.929. The topological polar surface area (TPSA) is 21.8 Å². The number of para-hydroxylation sites is 1. The molecule has 0 amide bonds. The molecule has 1 aliphatic rings. The third kappa shape index (κ3) is 2.48. The number of hydrogen-bond donors (Lipinski definition) is 0. The lowest BCUT2D eigenvalue weighted by atomic mass is 10.2. The van der Waals surface area contributed by atoms with Crippen LogP contribution in [0.1, 0.15) is 19.8 Å². The predicted molar refractivity (Wildman–Crippen MR) is 55.5 cm³/mol. The molecule has 0 saturated carbocycles. The molecule has 1 heterocycles. The van der Waals surface area contributed by atoms with Gasteiger partial charge in [-0.3, -0.25) is 0 Å². The second-order valence-electron chi connectivity index (χ2n) is 3.63. The molecule has 2 nitrogen and oxygen atoms in total. The SMILES string of the molecule is CCC[C@H]1O[C@@H]1COc1ccccc1. The van der Waals surface area contributed by atoms with Crippen molar-refractivity contribution >= 4 is 0 Å². The Labute approximate surface area is 84.8 Å². The number of hydrogen-bond acceptors (Lipinski definition) is 2. The van der Waals surface area contributed by atoms with Crippen LogP contribution in [0.2, 0.25) is 0 Å². The number of benzene rings is 1. The Kier molecular flexibility index (Phi) is 3.04. The summed E-state index contributed by atoms with van der Waals surface area (Å²) in [6.45, 7) is 2.87. The lowest BCUT2D eigenvalue weighted by molar-refractivity contribution is 0.259. The van der Waals surface area contributed by atoms with E-state index < -0.39 is 0 Å². The van der Waals surface area contributed by atoms with Crippen molar-refractivity contribution in [2.45, 2.75) is 32.0 Å². The number of rotatable bonds is 5. The van der Waals surface area contributed by atoms with Crippen LogP contribution in [0.3, 0.4) is 0 Å². The molecule has 2 rings (SSSR count). The van der Waals surface area contributed by atoms with Gasteiger partial charge in [0.2, 0.25) is 0 Å². The highest BCUT2D eigenvalue weighted by atomic mass is 16.6. The third-order valence-electron chi connectivity index (χ3n) is 2.42. The summed E-state index contributed by atoms with van der Waals surface area (Å²) >= 11 is 0. The normalized spacial score (nSPS) is 24.6. The first-order valence-corrected chi connectivity index (χ1v) is 5.23. The van der Waals surface area contributed by atoms with Gasteiger partial charge >= 0.3 is 0 Å². The smallest absolute Gasteiger partial charge is 0.119 e. The molecule has 2 atom stereocenters. The summed E-state index contributed by atoms with van der Waals surface area (Å²) in [6.07, 6.45) is 3.12. The molecule has 0 aromatic heterocycles. The molecule has 1 aromatic rings. The molecule has 2 heteroatoms. The molecule has 0 N–H and O–H groups in total. The fourth-order valence-electron chi connectivity index (χ4n) is 1.56. The maximum Gasteiger partial charge on any atom is 0.119 e. The highest BCUT2D eigenvalue weighted by Gasteiger charge is 2.38. The fourth-order valence-corrected chi connectivity index (χ4v) is 1.56. The van der Waals surface area contributed by atoms with Crippen LogP contribution in [-0.2, 0) is 4.74 Å². The molecule has 1 aromatic carbocycles. The van der Waals surface area contributed by atoms with Gasteiger partial charge in [0.05, 0.1) is 6.10 Å². The number of ether oxygens (including phenoxy) is 2. The monoisotopic (exact) mass is 192 g/mol. The van der Waals surface area contributed by atoms with Crippen molar-refractivity contribution in [2.24, 2.45) is 0 Å². The lowest BCUT2D eigenvalue weighted by Gasteiger charge is -2.02. The third-order valence-corrected chi connectivity index (χ3v) is 2.42. The van der Waals surface area contributed by atoms with E-state index in [2.05, 4.69) is 6.92 Å². The van der Waals surface area contributed by atoms with Gasteiger partial charge in [-0.25, -0.2) is 0 Å². The van der Waals surface area contributed by atoms with Gasteiger partial charge in [0.15, 0.2) is 0 Å². The standard InChI is InChI=1S/C12H16O2/c1-2-6-11-12(14-11)9-13-10-7-4-3-5-8-10/h3-5,7-8,11-12H,2,6,9H2,1H3/t11-,12-/m1/s1. The molecule has 0 spiro atoms. The molecule has 1 saturated heterocycles. The van der Waals surface area contributed by atoms with E-state index in [0.717, 1.165) is 12.2 Å². The Hall–Kier alpha value is -1.02. The quantitative estimate of drug-likeness (QED) is 0.669. The van der Waals surface area contributed by atoms with Crippen LogP contribution < -0.4 is 4.74 Å². The lowest BCUT2D eigenvalue weighted by Crippen LogP contribution is -2.07. The second-order valence-corrected chi connectivity index (χ2v) is 3.63. The Morgan fingerprint density at radius 1 is 1.21 bits per heavy atom. The zero-order chi connectivity index (χ0) is 9.80. The van der Waals surface area contributed by atoms with Crippen LogP contribution >= 0.6 is 0 Å². The van der Waals surface area contributed by atoms with Crippen LogP contribution in [-0.4, -0.2) is 18.8 Å². The molecule has 0 aliphatic carbocycles. The first-order valence-electron chi connectivity index (χ1n) is 5.23. The van der Waals surface area contributed by atoms with Gasteiger partial charge < -0.3 is 9.47 Å². The molecule has 0 radical (unpaired) electrons. The predicted octanol–water partition coefficient (Wildman–Crippen LogP) is 2.63. The van der Waals surface area contributed by atoms with Gasteiger partial charge in [0, 0.05) is 0 Å². The van der Waals surface area contributed by atoms with E-state index in [-0.39, 0.29) is 0 Å². The van der Waals surface area contributed by atoms with Crippen molar-refractivity contribution in [1.82, 2.24) is 0 Å². The van der Waals surface area contributed by atoms with Crippen molar-refractivity contribution in [3.05, 3.63) is 30.3 Å². The average Bonchev–Trinajstić information content (AvgIpc) is 2.96. The first-order chi connectivity index (χ1) is 6.90. The molecular formula is C12H16O2. The minimum atomic E-state index is 0.329. The molecule has 1 fully saturated rings. The molecule has 0 unspecified atom stereocenters. The van der Waals surface area contributed by atoms with Crippen molar-refractivity contribution in [2.75, 3.05) is 6.61 Å². The Morgan fingerprint density at radius 3 is 2.71 bits per heavy atom. The largest absolute Gasteiger partial charge is 0.491 e. The van der Waals surface area contributed by atoms with E-state index >= 15 is 0 Å². The number of epoxide rings is 1. The summed E-state index contributed by atoms with van der Waals surface area (Å²) in [7, 11) is 0. The summed E-state index contributed by atoms with van der Waals surface area (Å²) in [5, 5.41) is 0. The van der Waals surface area contributed by atoms with E-state index in [9.17, 15) is 0 Å². The van der Waals surface area contributed by atoms with E-state index in [0.29, 0.717) is 18.8 Å². The van der Waals surface area contributed by atoms with Gasteiger partial charge in [-0.15, -0.1) is 0 Å². The summed E-state index contributed by atoms with van der Waals surface area (Å²) in [5.41, 5.74) is 0. The zero-order valence-corrected chi connectivity index (χ0v) is 8.48. The summed E-state index contributed by atoms with van der Waals surface area (Å²) < 4.78 is 11.0. The van der Waals surface area contributed by atoms with Crippen LogP contribution in [0.15, 0.2) is 30.3 Å². The van der Waals surface area contributed by atoms with Crippen LogP contribution in [0.25, 0.3) is 0 Å². The van der Waals surface area contributed by atoms with Crippen LogP contribution in [0.5, 0.6) is 5.75 Å². The molecule has 14 heavy (non-hydrogen) atoms. The van der Waals surface area contributed by atoms with Crippen molar-refractivity contribution in [1.29, 1.82) is 0 Å². The maximum absolute atomic E-state index is 5.58. The Bertz CT molecular complexity index is 271. The zero-order valence-electron chi connectivity index (χ0n) is 8.48. The van der Waals surface area contributed by atoms with Gasteiger partial charge in [-0.05, 0) is 18.6 Å². The average molecular weight is 192 g/mol. The minimum absolute atomic E-state index is 0.329. The Morgan fingerprint density at radius 2 is 2.00 bits per heavy atom. The highest BCUT2D eigenvalue weighted by Crippen LogP contribution is 2.27. The molecular weight excluding hydrogens is 176 g/mol. The highest BCUT2D eigenvalue weighted by molar-refractivity contribution is 5.21. The van der Waals surface area contributed by atoms with Crippen LogP contribution in [0, 0.1) is 0 Å². The van der Waals surface area contributed by atoms with E-state index in [1.807, 2.05) is 30.3 Å². The van der Waals surface area contributed by atoms with E-state index in [1.54, 1.807) is 0 Å². The summed E-state index contributed by atoms with van der Waals surface area (Å²) in [6, 6.07) is 9.88. The van der Waals surface area contributed by atoms with Gasteiger partial charge in [0.25, 0.3) is 0 Å². The van der Waals surface area contributed by atoms with Crippen molar-refractivity contribution in [3.63, 3.8) is 0 Å². The van der Waals surface area contributed by atoms with Gasteiger partial charge in [-0.1, -0.05) is 31.5 Å². The van der Waals surface area contributed by atoms with Gasteiger partial charge in [-0.2, -0.15) is 0 Å². The van der Waals surface area contributed by atoms with E-state index in [4.69, 9.17) is 9.47 Å². The maximum atomic E-state index is 5.58.